The van der Waals surface area contributed by atoms with Gasteiger partial charge in [0.1, 0.15) is 0 Å². The molecule has 3 heteroatoms. The van der Waals surface area contributed by atoms with E-state index < -0.39 is 0 Å². The lowest BCUT2D eigenvalue weighted by Gasteiger charge is -2.19. The van der Waals surface area contributed by atoms with Gasteiger partial charge in [-0.25, -0.2) is 0 Å². The molecule has 0 heterocycles. The van der Waals surface area contributed by atoms with Crippen molar-refractivity contribution >= 4 is 11.6 Å². The van der Waals surface area contributed by atoms with Crippen molar-refractivity contribution in [2.75, 3.05) is 18.5 Å². The highest BCUT2D eigenvalue weighted by molar-refractivity contribution is 5.94. The van der Waals surface area contributed by atoms with Gasteiger partial charge in [-0.15, -0.1) is 0 Å². The first-order valence-electron chi connectivity index (χ1n) is 7.05. The van der Waals surface area contributed by atoms with Gasteiger partial charge in [-0.3, -0.25) is 4.79 Å². The topological polar surface area (TPSA) is 32.3 Å². The number of nitrogens with zero attached hydrogens (tertiary/aromatic N) is 1. The van der Waals surface area contributed by atoms with Crippen LogP contribution < -0.4 is 10.2 Å². The predicted octanol–water partition coefficient (Wildman–Crippen LogP) is 3.16. The van der Waals surface area contributed by atoms with Crippen molar-refractivity contribution in [3.8, 4) is 0 Å². The fourth-order valence-electron chi connectivity index (χ4n) is 1.82. The maximum atomic E-state index is 12.0. The molecule has 0 aliphatic rings. The number of hydrogen-bond donors (Lipinski definition) is 1. The fourth-order valence-corrected chi connectivity index (χ4v) is 1.82. The highest BCUT2D eigenvalue weighted by atomic mass is 16.2. The Morgan fingerprint density at radius 3 is 2.26 bits per heavy atom. The number of anilines is 1. The van der Waals surface area contributed by atoms with Crippen molar-refractivity contribution in [2.24, 2.45) is 0 Å². The highest BCUT2D eigenvalue weighted by Gasteiger charge is 2.11. The Bertz CT molecular complexity index is 398. The van der Waals surface area contributed by atoms with Gasteiger partial charge < -0.3 is 10.2 Å². The molecule has 0 aliphatic carbocycles. The fraction of sp³-hybridized carbons (Fsp3) is 0.562. The lowest BCUT2D eigenvalue weighted by molar-refractivity contribution is -0.117. The van der Waals surface area contributed by atoms with Crippen molar-refractivity contribution in [1.82, 2.24) is 5.32 Å². The second kappa shape index (κ2) is 7.29. The molecule has 1 aromatic rings. The number of carbonyl (C=O) groups excluding carboxylic acids is 1. The lowest BCUT2D eigenvalue weighted by atomic mass is 9.98. The molecular weight excluding hydrogens is 236 g/mol. The number of hydrogen-bond acceptors (Lipinski definition) is 2. The van der Waals surface area contributed by atoms with E-state index in [2.05, 4.69) is 31.3 Å². The lowest BCUT2D eigenvalue weighted by Crippen LogP contribution is -2.38. The molecule has 0 aromatic heterocycles. The Hall–Kier alpha value is -1.35. The molecule has 1 aromatic carbocycles. The minimum atomic E-state index is 0.0880. The third-order valence-electron chi connectivity index (χ3n) is 3.50. The summed E-state index contributed by atoms with van der Waals surface area (Å²) in [7, 11) is 1.82. The summed E-state index contributed by atoms with van der Waals surface area (Å²) in [5.41, 5.74) is 2.27. The Morgan fingerprint density at radius 2 is 1.79 bits per heavy atom. The van der Waals surface area contributed by atoms with Crippen LogP contribution in [0.25, 0.3) is 0 Å². The van der Waals surface area contributed by atoms with Gasteiger partial charge in [-0.2, -0.15) is 0 Å². The molecule has 0 spiro atoms. The van der Waals surface area contributed by atoms with Crippen molar-refractivity contribution in [3.63, 3.8) is 0 Å². The average Bonchev–Trinajstić information content (AvgIpc) is 2.43. The number of rotatable bonds is 6. The van der Waals surface area contributed by atoms with E-state index in [1.807, 2.05) is 33.0 Å². The van der Waals surface area contributed by atoms with E-state index in [0.717, 1.165) is 12.1 Å². The van der Waals surface area contributed by atoms with Gasteiger partial charge in [0.15, 0.2) is 0 Å². The molecule has 19 heavy (non-hydrogen) atoms. The summed E-state index contributed by atoms with van der Waals surface area (Å²) in [6, 6.07) is 8.60. The van der Waals surface area contributed by atoms with Gasteiger partial charge in [0.05, 0.1) is 6.54 Å². The van der Waals surface area contributed by atoms with E-state index in [0.29, 0.717) is 18.5 Å². The first-order valence-corrected chi connectivity index (χ1v) is 7.05. The number of amides is 1. The third-order valence-corrected chi connectivity index (χ3v) is 3.50. The number of benzene rings is 1. The minimum Gasteiger partial charge on any atom is -0.314 e. The summed E-state index contributed by atoms with van der Waals surface area (Å²) in [6.07, 6.45) is 1.13. The number of likely N-dealkylation sites (N-methyl/N-ethyl adjacent to an activating group) is 1. The van der Waals surface area contributed by atoms with Crippen LogP contribution in [-0.4, -0.2) is 25.5 Å². The highest BCUT2D eigenvalue weighted by Crippen LogP contribution is 2.21. The molecule has 1 unspecified atom stereocenters. The van der Waals surface area contributed by atoms with Crippen molar-refractivity contribution in [1.29, 1.82) is 0 Å². The molecule has 106 valence electrons. The molecule has 0 saturated heterocycles. The first-order chi connectivity index (χ1) is 8.95. The number of carbonyl (C=O) groups is 1. The van der Waals surface area contributed by atoms with Gasteiger partial charge in [-0.05, 0) is 30.0 Å². The van der Waals surface area contributed by atoms with Crippen LogP contribution in [0.5, 0.6) is 0 Å². The molecule has 1 atom stereocenters. The summed E-state index contributed by atoms with van der Waals surface area (Å²) < 4.78 is 0. The van der Waals surface area contributed by atoms with Crippen molar-refractivity contribution < 1.29 is 4.79 Å². The number of nitrogens with one attached hydrogen (secondary N) is 1. The van der Waals surface area contributed by atoms with E-state index in [1.54, 1.807) is 4.90 Å². The minimum absolute atomic E-state index is 0.0880. The van der Waals surface area contributed by atoms with Gasteiger partial charge in [0, 0.05) is 18.8 Å². The summed E-state index contributed by atoms with van der Waals surface area (Å²) >= 11 is 0. The Balaban J connectivity index is 2.67. The van der Waals surface area contributed by atoms with E-state index in [1.165, 1.54) is 5.56 Å². The van der Waals surface area contributed by atoms with Gasteiger partial charge in [-0.1, -0.05) is 39.8 Å². The maximum Gasteiger partial charge on any atom is 0.240 e. The Kier molecular flexibility index (Phi) is 6.03. The summed E-state index contributed by atoms with van der Waals surface area (Å²) in [4.78, 5) is 13.7. The second-order valence-corrected chi connectivity index (χ2v) is 5.39. The van der Waals surface area contributed by atoms with Gasteiger partial charge >= 0.3 is 0 Å². The summed E-state index contributed by atoms with van der Waals surface area (Å²) in [5.74, 6) is 0.655. The summed E-state index contributed by atoms with van der Waals surface area (Å²) in [6.45, 7) is 8.85. The molecule has 0 aliphatic heterocycles. The van der Waals surface area contributed by atoms with Crippen LogP contribution in [0, 0.1) is 0 Å². The predicted molar refractivity (Wildman–Crippen MR) is 81.7 cm³/mol. The smallest absolute Gasteiger partial charge is 0.240 e. The maximum absolute atomic E-state index is 12.0. The molecule has 1 rings (SSSR count). The molecular formula is C16H26N2O. The zero-order valence-corrected chi connectivity index (χ0v) is 12.7. The molecule has 0 fully saturated rings. The zero-order valence-electron chi connectivity index (χ0n) is 12.7. The van der Waals surface area contributed by atoms with Crippen LogP contribution in [0.1, 0.15) is 45.6 Å². The van der Waals surface area contributed by atoms with Crippen LogP contribution in [-0.2, 0) is 4.79 Å². The van der Waals surface area contributed by atoms with E-state index in [-0.39, 0.29) is 5.91 Å². The van der Waals surface area contributed by atoms with Crippen molar-refractivity contribution in [3.05, 3.63) is 29.8 Å². The van der Waals surface area contributed by atoms with Gasteiger partial charge in [0.25, 0.3) is 0 Å². The van der Waals surface area contributed by atoms with Crippen LogP contribution in [0.3, 0.4) is 0 Å². The third kappa shape index (κ3) is 4.67. The molecule has 1 N–H and O–H groups in total. The SMILES string of the molecule is CCC(C)c1ccc(N(C)C(=O)CNC(C)C)cc1. The Morgan fingerprint density at radius 1 is 1.21 bits per heavy atom. The quantitative estimate of drug-likeness (QED) is 0.854. The molecule has 0 bridgehead atoms. The van der Waals surface area contributed by atoms with E-state index >= 15 is 0 Å². The van der Waals surface area contributed by atoms with E-state index in [4.69, 9.17) is 0 Å². The average molecular weight is 262 g/mol. The van der Waals surface area contributed by atoms with Crippen LogP contribution in [0.2, 0.25) is 0 Å². The second-order valence-electron chi connectivity index (χ2n) is 5.39. The zero-order chi connectivity index (χ0) is 14.4. The van der Waals surface area contributed by atoms with Gasteiger partial charge in [0.2, 0.25) is 5.91 Å². The monoisotopic (exact) mass is 262 g/mol. The molecule has 1 amide bonds. The normalized spacial score (nSPS) is 12.5. The van der Waals surface area contributed by atoms with Crippen LogP contribution >= 0.6 is 0 Å². The Labute approximate surface area is 117 Å². The van der Waals surface area contributed by atoms with Crippen molar-refractivity contribution in [2.45, 2.75) is 46.1 Å². The molecule has 0 saturated carbocycles. The van der Waals surface area contributed by atoms with E-state index in [9.17, 15) is 4.79 Å². The largest absolute Gasteiger partial charge is 0.314 e. The first kappa shape index (κ1) is 15.7. The van der Waals surface area contributed by atoms with Crippen LogP contribution in [0.15, 0.2) is 24.3 Å². The van der Waals surface area contributed by atoms with Crippen LogP contribution in [0.4, 0.5) is 5.69 Å². The standard InChI is InChI=1S/C16H26N2O/c1-6-13(4)14-7-9-15(10-8-14)18(5)16(19)11-17-12(2)3/h7-10,12-13,17H,6,11H2,1-5H3. The summed E-state index contributed by atoms with van der Waals surface area (Å²) in [5, 5.41) is 3.14. The molecule has 0 radical (unpaired) electrons. The molecule has 3 nitrogen and oxygen atoms in total.